The zero-order valence-electron chi connectivity index (χ0n) is 12.2. The smallest absolute Gasteiger partial charge is 0.262 e. The molecule has 0 aliphatic rings. The van der Waals surface area contributed by atoms with Crippen LogP contribution in [0.25, 0.3) is 0 Å². The van der Waals surface area contributed by atoms with Gasteiger partial charge in [0.25, 0.3) is 6.43 Å². The van der Waals surface area contributed by atoms with Crippen molar-refractivity contribution in [1.29, 1.82) is 0 Å². The van der Waals surface area contributed by atoms with Crippen LogP contribution in [0.5, 0.6) is 0 Å². The van der Waals surface area contributed by atoms with Crippen LogP contribution in [0, 0.1) is 0 Å². The number of aromatic nitrogens is 1. The Labute approximate surface area is 133 Å². The Balaban J connectivity index is 2.10. The topological polar surface area (TPSA) is 25.2 Å². The van der Waals surface area contributed by atoms with Gasteiger partial charge in [0.1, 0.15) is 0 Å². The predicted molar refractivity (Wildman–Crippen MR) is 87.4 cm³/mol. The molecule has 0 atom stereocenters. The van der Waals surface area contributed by atoms with Crippen molar-refractivity contribution in [3.05, 3.63) is 95.8 Å². The Morgan fingerprint density at radius 2 is 1.39 bits per heavy atom. The van der Waals surface area contributed by atoms with Crippen molar-refractivity contribution in [3.8, 4) is 0 Å². The largest absolute Gasteiger partial charge is 0.265 e. The van der Waals surface area contributed by atoms with Gasteiger partial charge in [0.15, 0.2) is 0 Å². The lowest BCUT2D eigenvalue weighted by molar-refractivity contribution is 0.151. The molecular weight excluding hydrogens is 294 g/mol. The molecule has 0 amide bonds. The summed E-state index contributed by atoms with van der Waals surface area (Å²) >= 11 is 0. The number of nitrogens with zero attached hydrogens (tertiary/aromatic N) is 2. The predicted octanol–water partition coefficient (Wildman–Crippen LogP) is 5.19. The van der Waals surface area contributed by atoms with Crippen molar-refractivity contribution in [2.75, 3.05) is 0 Å². The molecule has 0 saturated heterocycles. The van der Waals surface area contributed by atoms with Crippen LogP contribution in [0.15, 0.2) is 84.1 Å². The summed E-state index contributed by atoms with van der Waals surface area (Å²) in [6, 6.07) is 20.6. The highest BCUT2D eigenvalue weighted by Crippen LogP contribution is 2.23. The molecule has 0 bridgehead atoms. The zero-order valence-corrected chi connectivity index (χ0v) is 12.2. The third-order valence-electron chi connectivity index (χ3n) is 3.33. The zero-order chi connectivity index (χ0) is 16.1. The fraction of sp³-hybridized carbons (Fsp3) is 0.0526. The van der Waals surface area contributed by atoms with Crippen LogP contribution in [0.3, 0.4) is 0 Å². The average molecular weight is 308 g/mol. The van der Waals surface area contributed by atoms with Crippen molar-refractivity contribution < 1.29 is 8.78 Å². The Bertz CT molecular complexity index is 758. The molecule has 0 unspecified atom stereocenters. The van der Waals surface area contributed by atoms with E-state index in [9.17, 15) is 8.78 Å². The van der Waals surface area contributed by atoms with E-state index in [-0.39, 0.29) is 5.56 Å². The number of benzene rings is 2. The molecule has 0 fully saturated rings. The minimum atomic E-state index is -2.56. The van der Waals surface area contributed by atoms with Crippen LogP contribution < -0.4 is 0 Å². The minimum Gasteiger partial charge on any atom is -0.262 e. The van der Waals surface area contributed by atoms with Crippen molar-refractivity contribution >= 4 is 11.4 Å². The molecule has 0 aliphatic heterocycles. The van der Waals surface area contributed by atoms with Crippen LogP contribution in [-0.4, -0.2) is 10.7 Å². The highest BCUT2D eigenvalue weighted by molar-refractivity contribution is 6.13. The summed E-state index contributed by atoms with van der Waals surface area (Å²) in [5, 5.41) is 0. The molecule has 1 aromatic heterocycles. The number of alkyl halides is 2. The summed E-state index contributed by atoms with van der Waals surface area (Å²) in [7, 11) is 0. The van der Waals surface area contributed by atoms with E-state index in [1.807, 2.05) is 60.7 Å². The SMILES string of the molecule is FC(F)c1cncc(N=C(c2ccccc2)c2ccccc2)c1. The van der Waals surface area contributed by atoms with E-state index < -0.39 is 6.43 Å². The van der Waals surface area contributed by atoms with E-state index in [0.717, 1.165) is 23.0 Å². The monoisotopic (exact) mass is 308 g/mol. The Kier molecular flexibility index (Phi) is 4.52. The van der Waals surface area contributed by atoms with Crippen molar-refractivity contribution in [2.24, 2.45) is 4.99 Å². The van der Waals surface area contributed by atoms with Gasteiger partial charge in [-0.3, -0.25) is 4.98 Å². The van der Waals surface area contributed by atoms with Gasteiger partial charge in [-0.15, -0.1) is 0 Å². The van der Waals surface area contributed by atoms with Gasteiger partial charge in [-0.05, 0) is 6.07 Å². The van der Waals surface area contributed by atoms with Gasteiger partial charge in [0.05, 0.1) is 17.6 Å². The van der Waals surface area contributed by atoms with Crippen molar-refractivity contribution in [3.63, 3.8) is 0 Å². The Morgan fingerprint density at radius 1 is 0.826 bits per heavy atom. The molecule has 0 radical (unpaired) electrons. The maximum absolute atomic E-state index is 12.8. The van der Waals surface area contributed by atoms with E-state index >= 15 is 0 Å². The first kappa shape index (κ1) is 15.0. The fourth-order valence-corrected chi connectivity index (χ4v) is 2.24. The summed E-state index contributed by atoms with van der Waals surface area (Å²) in [6.45, 7) is 0. The Hall–Kier alpha value is -2.88. The molecule has 2 aromatic carbocycles. The molecule has 114 valence electrons. The van der Waals surface area contributed by atoms with Crippen LogP contribution >= 0.6 is 0 Å². The van der Waals surface area contributed by atoms with E-state index in [0.29, 0.717) is 5.69 Å². The lowest BCUT2D eigenvalue weighted by Crippen LogP contribution is -2.02. The second-order valence-electron chi connectivity index (χ2n) is 4.97. The number of aliphatic imine (C=N–C) groups is 1. The van der Waals surface area contributed by atoms with E-state index in [2.05, 4.69) is 9.98 Å². The molecule has 4 heteroatoms. The van der Waals surface area contributed by atoms with Gasteiger partial charge < -0.3 is 0 Å². The highest BCUT2D eigenvalue weighted by atomic mass is 19.3. The quantitative estimate of drug-likeness (QED) is 0.609. The molecular formula is C19H14F2N2. The molecule has 2 nitrogen and oxygen atoms in total. The van der Waals surface area contributed by atoms with Gasteiger partial charge in [0, 0.05) is 22.9 Å². The number of hydrogen-bond acceptors (Lipinski definition) is 2. The maximum atomic E-state index is 12.8. The lowest BCUT2D eigenvalue weighted by Gasteiger charge is -2.08. The van der Waals surface area contributed by atoms with Crippen LogP contribution in [0.4, 0.5) is 14.5 Å². The summed E-state index contributed by atoms with van der Waals surface area (Å²) in [5.74, 6) is 0. The van der Waals surface area contributed by atoms with E-state index in [1.54, 1.807) is 0 Å². The fourth-order valence-electron chi connectivity index (χ4n) is 2.24. The molecule has 23 heavy (non-hydrogen) atoms. The van der Waals surface area contributed by atoms with Gasteiger partial charge >= 0.3 is 0 Å². The second kappa shape index (κ2) is 6.92. The van der Waals surface area contributed by atoms with E-state index in [1.165, 1.54) is 12.3 Å². The minimum absolute atomic E-state index is 0.133. The molecule has 3 rings (SSSR count). The summed E-state index contributed by atoms with van der Waals surface area (Å²) in [4.78, 5) is 8.42. The van der Waals surface area contributed by atoms with Crippen molar-refractivity contribution in [1.82, 2.24) is 4.98 Å². The first-order chi connectivity index (χ1) is 11.2. The van der Waals surface area contributed by atoms with Gasteiger partial charge in [0.2, 0.25) is 0 Å². The first-order valence-corrected chi connectivity index (χ1v) is 7.16. The second-order valence-corrected chi connectivity index (χ2v) is 4.97. The van der Waals surface area contributed by atoms with Gasteiger partial charge in [-0.2, -0.15) is 0 Å². The number of halogens is 2. The van der Waals surface area contributed by atoms with Crippen LogP contribution in [-0.2, 0) is 0 Å². The van der Waals surface area contributed by atoms with Crippen molar-refractivity contribution in [2.45, 2.75) is 6.43 Å². The summed E-state index contributed by atoms with van der Waals surface area (Å²) in [5.41, 5.74) is 2.83. The lowest BCUT2D eigenvalue weighted by atomic mass is 10.0. The summed E-state index contributed by atoms with van der Waals surface area (Å²) < 4.78 is 25.7. The third kappa shape index (κ3) is 3.66. The average Bonchev–Trinajstić information content (AvgIpc) is 2.61. The standard InChI is InChI=1S/C19H14F2N2/c20-19(21)16-11-17(13-22-12-16)23-18(14-7-3-1-4-8-14)15-9-5-2-6-10-15/h1-13,19H. The van der Waals surface area contributed by atoms with Crippen LogP contribution in [0.1, 0.15) is 23.1 Å². The maximum Gasteiger partial charge on any atom is 0.265 e. The normalized spacial score (nSPS) is 10.6. The molecule has 0 aliphatic carbocycles. The number of pyridine rings is 1. The van der Waals surface area contributed by atoms with E-state index in [4.69, 9.17) is 0 Å². The first-order valence-electron chi connectivity index (χ1n) is 7.16. The van der Waals surface area contributed by atoms with Gasteiger partial charge in [-0.1, -0.05) is 60.7 Å². The molecule has 0 saturated carbocycles. The number of hydrogen-bond donors (Lipinski definition) is 0. The number of rotatable bonds is 4. The van der Waals surface area contributed by atoms with Gasteiger partial charge in [-0.25, -0.2) is 13.8 Å². The van der Waals surface area contributed by atoms with Crippen LogP contribution in [0.2, 0.25) is 0 Å². The molecule has 3 aromatic rings. The Morgan fingerprint density at radius 3 is 1.91 bits per heavy atom. The summed E-state index contributed by atoms with van der Waals surface area (Å²) in [6.07, 6.45) is 0.0844. The molecule has 1 heterocycles. The molecule has 0 N–H and O–H groups in total. The third-order valence-corrected chi connectivity index (χ3v) is 3.33. The molecule has 0 spiro atoms. The highest BCUT2D eigenvalue weighted by Gasteiger charge is 2.10.